The number of carbonyl (C=O) groups is 1. The normalized spacial score (nSPS) is 33.3. The van der Waals surface area contributed by atoms with Gasteiger partial charge in [-0.15, -0.1) is 0 Å². The van der Waals surface area contributed by atoms with Crippen molar-refractivity contribution < 1.29 is 9.90 Å². The molecule has 1 aromatic heterocycles. The van der Waals surface area contributed by atoms with Gasteiger partial charge in [0.2, 0.25) is 5.91 Å². The van der Waals surface area contributed by atoms with Crippen LogP contribution in [0.15, 0.2) is 12.3 Å². The van der Waals surface area contributed by atoms with Crippen LogP contribution in [0.3, 0.4) is 0 Å². The Morgan fingerprint density at radius 1 is 1.48 bits per heavy atom. The molecule has 1 amide bonds. The summed E-state index contributed by atoms with van der Waals surface area (Å²) in [6, 6.07) is 2.05. The van der Waals surface area contributed by atoms with Crippen molar-refractivity contribution >= 4 is 5.91 Å². The highest BCUT2D eigenvalue weighted by Crippen LogP contribution is 2.40. The maximum absolute atomic E-state index is 12.6. The number of aliphatic hydroxyl groups is 1. The molecule has 5 nitrogen and oxygen atoms in total. The van der Waals surface area contributed by atoms with Gasteiger partial charge in [-0.2, -0.15) is 5.10 Å². The average molecular weight is 291 g/mol. The number of aromatic amines is 1. The van der Waals surface area contributed by atoms with Gasteiger partial charge in [0.1, 0.15) is 0 Å². The molecule has 2 fully saturated rings. The highest BCUT2D eigenvalue weighted by molar-refractivity contribution is 5.79. The van der Waals surface area contributed by atoms with Crippen LogP contribution in [0, 0.1) is 5.92 Å². The van der Waals surface area contributed by atoms with Gasteiger partial charge in [0.15, 0.2) is 0 Å². The van der Waals surface area contributed by atoms with Crippen LogP contribution in [-0.2, 0) is 11.2 Å². The monoisotopic (exact) mass is 291 g/mol. The van der Waals surface area contributed by atoms with Crippen LogP contribution >= 0.6 is 0 Å². The molecule has 1 aliphatic carbocycles. The molecule has 0 aromatic carbocycles. The number of nitrogens with one attached hydrogen (secondary N) is 1. The van der Waals surface area contributed by atoms with E-state index in [-0.39, 0.29) is 17.9 Å². The molecule has 2 aliphatic rings. The summed E-state index contributed by atoms with van der Waals surface area (Å²) < 4.78 is 0. The highest BCUT2D eigenvalue weighted by Gasteiger charge is 2.44. The molecule has 3 rings (SSSR count). The van der Waals surface area contributed by atoms with Crippen LogP contribution in [0.5, 0.6) is 0 Å². The first-order valence-corrected chi connectivity index (χ1v) is 8.08. The summed E-state index contributed by atoms with van der Waals surface area (Å²) in [5.41, 5.74) is 0.237. The zero-order valence-corrected chi connectivity index (χ0v) is 12.7. The molecule has 2 N–H and O–H groups in total. The summed E-state index contributed by atoms with van der Waals surface area (Å²) in [7, 11) is 0. The zero-order valence-electron chi connectivity index (χ0n) is 12.7. The van der Waals surface area contributed by atoms with E-state index in [4.69, 9.17) is 0 Å². The Morgan fingerprint density at radius 3 is 3.05 bits per heavy atom. The van der Waals surface area contributed by atoms with Crippen molar-refractivity contribution in [1.29, 1.82) is 0 Å². The average Bonchev–Trinajstić information content (AvgIpc) is 3.08. The fourth-order valence-corrected chi connectivity index (χ4v) is 4.12. The van der Waals surface area contributed by atoms with Gasteiger partial charge in [0, 0.05) is 30.4 Å². The SMILES string of the molecule is C[C@]1(O)CCCC[C@@H]1[C@@H]1CCCN1C(=O)Cc1ccn[nH]1. The van der Waals surface area contributed by atoms with Crippen LogP contribution in [-0.4, -0.2) is 44.3 Å². The summed E-state index contributed by atoms with van der Waals surface area (Å²) >= 11 is 0. The van der Waals surface area contributed by atoms with E-state index in [0.717, 1.165) is 44.3 Å². The smallest absolute Gasteiger partial charge is 0.228 e. The molecule has 2 heterocycles. The Balaban J connectivity index is 1.71. The molecule has 0 radical (unpaired) electrons. The number of H-pyrrole nitrogens is 1. The number of hydrogen-bond acceptors (Lipinski definition) is 3. The Kier molecular flexibility index (Phi) is 4.02. The van der Waals surface area contributed by atoms with E-state index in [2.05, 4.69) is 10.2 Å². The Morgan fingerprint density at radius 2 is 2.33 bits per heavy atom. The lowest BCUT2D eigenvalue weighted by molar-refractivity contribution is -0.135. The van der Waals surface area contributed by atoms with Crippen LogP contribution in [0.4, 0.5) is 0 Å². The Labute approximate surface area is 125 Å². The lowest BCUT2D eigenvalue weighted by atomic mass is 9.72. The first-order chi connectivity index (χ1) is 10.1. The molecule has 1 aromatic rings. The van der Waals surface area contributed by atoms with E-state index < -0.39 is 5.60 Å². The summed E-state index contributed by atoms with van der Waals surface area (Å²) in [5, 5.41) is 17.5. The number of rotatable bonds is 3. The second kappa shape index (κ2) is 5.79. The van der Waals surface area contributed by atoms with Crippen molar-refractivity contribution in [2.24, 2.45) is 5.92 Å². The highest BCUT2D eigenvalue weighted by atomic mass is 16.3. The number of likely N-dealkylation sites (tertiary alicyclic amines) is 1. The maximum Gasteiger partial charge on any atom is 0.228 e. The van der Waals surface area contributed by atoms with Crippen molar-refractivity contribution in [2.45, 2.75) is 63.5 Å². The molecule has 21 heavy (non-hydrogen) atoms. The van der Waals surface area contributed by atoms with Crippen LogP contribution in [0.1, 0.15) is 51.1 Å². The number of carbonyl (C=O) groups excluding carboxylic acids is 1. The minimum Gasteiger partial charge on any atom is -0.390 e. The predicted octanol–water partition coefficient (Wildman–Crippen LogP) is 1.88. The number of nitrogens with zero attached hydrogens (tertiary/aromatic N) is 2. The number of hydrogen-bond donors (Lipinski definition) is 2. The van der Waals surface area contributed by atoms with Gasteiger partial charge in [0.25, 0.3) is 0 Å². The zero-order chi connectivity index (χ0) is 14.9. The number of aromatic nitrogens is 2. The van der Waals surface area contributed by atoms with Gasteiger partial charge >= 0.3 is 0 Å². The quantitative estimate of drug-likeness (QED) is 0.893. The van der Waals surface area contributed by atoms with E-state index in [0.29, 0.717) is 6.42 Å². The first-order valence-electron chi connectivity index (χ1n) is 8.08. The third-order valence-corrected chi connectivity index (χ3v) is 5.23. The topological polar surface area (TPSA) is 69.2 Å². The minimum absolute atomic E-state index is 0.156. The predicted molar refractivity (Wildman–Crippen MR) is 79.6 cm³/mol. The summed E-state index contributed by atoms with van der Waals surface area (Å²) in [6.07, 6.45) is 8.28. The first kappa shape index (κ1) is 14.6. The van der Waals surface area contributed by atoms with Crippen LogP contribution in [0.25, 0.3) is 0 Å². The van der Waals surface area contributed by atoms with Crippen molar-refractivity contribution in [3.63, 3.8) is 0 Å². The van der Waals surface area contributed by atoms with Gasteiger partial charge < -0.3 is 10.0 Å². The van der Waals surface area contributed by atoms with E-state index >= 15 is 0 Å². The molecule has 0 spiro atoms. The minimum atomic E-state index is -0.625. The lowest BCUT2D eigenvalue weighted by Crippen LogP contribution is -2.50. The third kappa shape index (κ3) is 2.98. The maximum atomic E-state index is 12.6. The van der Waals surface area contributed by atoms with Crippen molar-refractivity contribution in [3.8, 4) is 0 Å². The largest absolute Gasteiger partial charge is 0.390 e. The molecule has 1 saturated carbocycles. The van der Waals surface area contributed by atoms with Crippen molar-refractivity contribution in [3.05, 3.63) is 18.0 Å². The standard InChI is InChI=1S/C16H25N3O2/c1-16(21)8-3-2-5-13(16)14-6-4-10-19(14)15(20)11-12-7-9-17-18-12/h7,9,13-14,21H,2-6,8,10-11H2,1H3,(H,17,18)/t13-,14+,16+/m1/s1. The van der Waals surface area contributed by atoms with E-state index in [1.54, 1.807) is 6.20 Å². The van der Waals surface area contributed by atoms with E-state index in [1.807, 2.05) is 17.9 Å². The van der Waals surface area contributed by atoms with Crippen molar-refractivity contribution in [1.82, 2.24) is 15.1 Å². The molecule has 1 aliphatic heterocycles. The Hall–Kier alpha value is -1.36. The van der Waals surface area contributed by atoms with Gasteiger partial charge in [-0.1, -0.05) is 12.8 Å². The van der Waals surface area contributed by atoms with Crippen molar-refractivity contribution in [2.75, 3.05) is 6.54 Å². The van der Waals surface area contributed by atoms with Crippen LogP contribution in [0.2, 0.25) is 0 Å². The fraction of sp³-hybridized carbons (Fsp3) is 0.750. The summed E-state index contributed by atoms with van der Waals surface area (Å²) in [4.78, 5) is 14.6. The van der Waals surface area contributed by atoms with E-state index in [1.165, 1.54) is 6.42 Å². The molecular weight excluding hydrogens is 266 g/mol. The van der Waals surface area contributed by atoms with Gasteiger partial charge in [-0.05, 0) is 38.7 Å². The second-order valence-corrected chi connectivity index (χ2v) is 6.76. The molecule has 3 atom stereocenters. The Bertz CT molecular complexity index is 484. The molecule has 116 valence electrons. The number of amides is 1. The lowest BCUT2D eigenvalue weighted by Gasteiger charge is -2.43. The van der Waals surface area contributed by atoms with Gasteiger partial charge in [-0.25, -0.2) is 0 Å². The van der Waals surface area contributed by atoms with Gasteiger partial charge in [-0.3, -0.25) is 9.89 Å². The van der Waals surface area contributed by atoms with Crippen LogP contribution < -0.4 is 0 Å². The second-order valence-electron chi connectivity index (χ2n) is 6.76. The molecule has 1 saturated heterocycles. The van der Waals surface area contributed by atoms with E-state index in [9.17, 15) is 9.90 Å². The molecule has 5 heteroatoms. The fourth-order valence-electron chi connectivity index (χ4n) is 4.12. The molecule has 0 bridgehead atoms. The molecular formula is C16H25N3O2. The third-order valence-electron chi connectivity index (χ3n) is 5.23. The summed E-state index contributed by atoms with van der Waals surface area (Å²) in [5.74, 6) is 0.377. The van der Waals surface area contributed by atoms with Gasteiger partial charge in [0.05, 0.1) is 12.0 Å². The summed E-state index contributed by atoms with van der Waals surface area (Å²) in [6.45, 7) is 2.77. The molecule has 0 unspecified atom stereocenters.